The van der Waals surface area contributed by atoms with E-state index in [2.05, 4.69) is 20.8 Å². The highest BCUT2D eigenvalue weighted by Crippen LogP contribution is 2.30. The van der Waals surface area contributed by atoms with Crippen molar-refractivity contribution >= 4 is 27.5 Å². The van der Waals surface area contributed by atoms with E-state index in [1.807, 2.05) is 18.2 Å². The van der Waals surface area contributed by atoms with Gasteiger partial charge < -0.3 is 16.4 Å². The van der Waals surface area contributed by atoms with Gasteiger partial charge in [-0.1, -0.05) is 34.8 Å². The van der Waals surface area contributed by atoms with Crippen molar-refractivity contribution < 1.29 is 4.79 Å². The van der Waals surface area contributed by atoms with E-state index in [-0.39, 0.29) is 12.5 Å². The summed E-state index contributed by atoms with van der Waals surface area (Å²) in [5, 5.41) is 0. The fourth-order valence-electron chi connectivity index (χ4n) is 2.70. The Kier molecular flexibility index (Phi) is 4.82. The summed E-state index contributed by atoms with van der Waals surface area (Å²) >= 11 is 3.53. The van der Waals surface area contributed by atoms with Crippen LogP contribution in [0.25, 0.3) is 0 Å². The van der Waals surface area contributed by atoms with Crippen LogP contribution < -0.4 is 16.4 Å². The Bertz CT molecular complexity index is 458. The average molecular weight is 326 g/mol. The predicted octanol–water partition coefficient (Wildman–Crippen LogP) is 2.14. The molecule has 1 fully saturated rings. The number of carbonyl (C=O) groups is 1. The molecule has 0 radical (unpaired) electrons. The van der Waals surface area contributed by atoms with Gasteiger partial charge in [0.15, 0.2) is 0 Å². The highest BCUT2D eigenvalue weighted by Gasteiger charge is 2.24. The normalized spacial score (nSPS) is 15.7. The van der Waals surface area contributed by atoms with E-state index < -0.39 is 0 Å². The van der Waals surface area contributed by atoms with Crippen LogP contribution in [0.3, 0.4) is 0 Å². The minimum Gasteiger partial charge on any atom is -0.368 e. The second-order valence-electron chi connectivity index (χ2n) is 5.01. The van der Waals surface area contributed by atoms with Crippen molar-refractivity contribution in [3.8, 4) is 0 Å². The van der Waals surface area contributed by atoms with Crippen molar-refractivity contribution in [1.82, 2.24) is 0 Å². The van der Waals surface area contributed by atoms with E-state index >= 15 is 0 Å². The maximum absolute atomic E-state index is 11.3. The molecule has 0 heterocycles. The maximum atomic E-state index is 11.3. The number of amides is 1. The lowest BCUT2D eigenvalue weighted by Crippen LogP contribution is -2.40. The molecule has 2 rings (SSSR count). The molecular weight excluding hydrogens is 306 g/mol. The molecule has 5 heteroatoms. The van der Waals surface area contributed by atoms with Crippen molar-refractivity contribution in [2.24, 2.45) is 11.5 Å². The number of benzene rings is 1. The van der Waals surface area contributed by atoms with Gasteiger partial charge in [-0.15, -0.1) is 0 Å². The lowest BCUT2D eigenvalue weighted by atomic mass is 10.1. The largest absolute Gasteiger partial charge is 0.368 e. The Labute approximate surface area is 122 Å². The summed E-state index contributed by atoms with van der Waals surface area (Å²) in [7, 11) is 0. The van der Waals surface area contributed by atoms with Crippen LogP contribution in [0.2, 0.25) is 0 Å². The van der Waals surface area contributed by atoms with Crippen LogP contribution in [0.4, 0.5) is 5.69 Å². The van der Waals surface area contributed by atoms with Crippen molar-refractivity contribution in [3.05, 3.63) is 28.2 Å². The zero-order valence-corrected chi connectivity index (χ0v) is 12.5. The molecule has 1 aliphatic carbocycles. The number of carbonyl (C=O) groups excluding carboxylic acids is 1. The van der Waals surface area contributed by atoms with E-state index in [9.17, 15) is 4.79 Å². The van der Waals surface area contributed by atoms with Crippen molar-refractivity contribution in [2.75, 3.05) is 11.4 Å². The Morgan fingerprint density at radius 1 is 1.37 bits per heavy atom. The van der Waals surface area contributed by atoms with Crippen LogP contribution >= 0.6 is 15.9 Å². The second-order valence-corrected chi connectivity index (χ2v) is 5.87. The number of hydrogen-bond acceptors (Lipinski definition) is 3. The monoisotopic (exact) mass is 325 g/mol. The molecule has 0 atom stereocenters. The lowest BCUT2D eigenvalue weighted by molar-refractivity contribution is -0.116. The number of halogens is 1. The van der Waals surface area contributed by atoms with Gasteiger partial charge in [0.05, 0.1) is 6.54 Å². The first-order valence-electron chi connectivity index (χ1n) is 6.65. The molecule has 0 aromatic heterocycles. The molecule has 1 aliphatic rings. The average Bonchev–Trinajstić information content (AvgIpc) is 2.89. The molecule has 19 heavy (non-hydrogen) atoms. The Morgan fingerprint density at radius 2 is 2.05 bits per heavy atom. The number of anilines is 1. The van der Waals surface area contributed by atoms with Crippen LogP contribution in [-0.4, -0.2) is 18.5 Å². The van der Waals surface area contributed by atoms with Gasteiger partial charge in [0, 0.05) is 22.7 Å². The van der Waals surface area contributed by atoms with E-state index in [0.29, 0.717) is 12.6 Å². The highest BCUT2D eigenvalue weighted by atomic mass is 79.9. The number of hydrogen-bond donors (Lipinski definition) is 2. The summed E-state index contributed by atoms with van der Waals surface area (Å²) < 4.78 is 0.986. The van der Waals surface area contributed by atoms with Gasteiger partial charge in [0.2, 0.25) is 5.91 Å². The third-order valence-corrected chi connectivity index (χ3v) is 4.42. The van der Waals surface area contributed by atoms with Gasteiger partial charge >= 0.3 is 0 Å². The molecule has 0 aliphatic heterocycles. The first kappa shape index (κ1) is 14.3. The Hall–Kier alpha value is -1.07. The van der Waals surface area contributed by atoms with Crippen LogP contribution in [0.15, 0.2) is 22.7 Å². The minimum absolute atomic E-state index is 0.277. The summed E-state index contributed by atoms with van der Waals surface area (Å²) in [4.78, 5) is 13.4. The highest BCUT2D eigenvalue weighted by molar-refractivity contribution is 9.10. The molecule has 0 spiro atoms. The number of nitrogens with two attached hydrogens (primary N) is 2. The van der Waals surface area contributed by atoms with E-state index in [0.717, 1.165) is 28.6 Å². The van der Waals surface area contributed by atoms with Crippen LogP contribution in [0, 0.1) is 0 Å². The second kappa shape index (κ2) is 6.39. The fourth-order valence-corrected chi connectivity index (χ4v) is 3.22. The molecular formula is C14H20BrN3O. The summed E-state index contributed by atoms with van der Waals surface area (Å²) in [6.07, 6.45) is 4.71. The molecule has 0 unspecified atom stereocenters. The molecule has 1 saturated carbocycles. The summed E-state index contributed by atoms with van der Waals surface area (Å²) in [6.45, 7) is 0.777. The van der Waals surface area contributed by atoms with Crippen molar-refractivity contribution in [3.63, 3.8) is 0 Å². The Balaban J connectivity index is 2.26. The summed E-state index contributed by atoms with van der Waals surface area (Å²) in [5.41, 5.74) is 13.1. The molecule has 104 valence electrons. The zero-order valence-electron chi connectivity index (χ0n) is 10.9. The summed E-state index contributed by atoms with van der Waals surface area (Å²) in [6, 6.07) is 6.48. The van der Waals surface area contributed by atoms with E-state index in [1.54, 1.807) is 0 Å². The minimum atomic E-state index is -0.286. The van der Waals surface area contributed by atoms with Gasteiger partial charge in [0.1, 0.15) is 0 Å². The first-order chi connectivity index (χ1) is 9.11. The zero-order chi connectivity index (χ0) is 13.8. The van der Waals surface area contributed by atoms with Gasteiger partial charge in [-0.05, 0) is 30.5 Å². The fraction of sp³-hybridized carbons (Fsp3) is 0.500. The number of nitrogens with zero attached hydrogens (tertiary/aromatic N) is 1. The topological polar surface area (TPSA) is 72.3 Å². The maximum Gasteiger partial charge on any atom is 0.236 e. The summed E-state index contributed by atoms with van der Waals surface area (Å²) in [5.74, 6) is -0.286. The van der Waals surface area contributed by atoms with Crippen molar-refractivity contribution in [2.45, 2.75) is 38.3 Å². The number of primary amides is 1. The van der Waals surface area contributed by atoms with Crippen LogP contribution in [-0.2, 0) is 11.3 Å². The van der Waals surface area contributed by atoms with Gasteiger partial charge in [-0.25, -0.2) is 0 Å². The van der Waals surface area contributed by atoms with E-state index in [4.69, 9.17) is 11.5 Å². The molecule has 4 N–H and O–H groups in total. The van der Waals surface area contributed by atoms with Gasteiger partial charge in [0.25, 0.3) is 0 Å². The quantitative estimate of drug-likeness (QED) is 0.871. The standard InChI is InChI=1S/C14H20BrN3O/c15-13-7-12(6-5-10(13)8-16)18(9-14(17)19)11-3-1-2-4-11/h5-7,11H,1-4,8-9,16H2,(H2,17,19). The molecule has 4 nitrogen and oxygen atoms in total. The molecule has 0 bridgehead atoms. The molecule has 1 amide bonds. The predicted molar refractivity (Wildman–Crippen MR) is 80.8 cm³/mol. The van der Waals surface area contributed by atoms with Gasteiger partial charge in [-0.3, -0.25) is 4.79 Å². The third-order valence-electron chi connectivity index (χ3n) is 3.68. The number of rotatable bonds is 5. The molecule has 1 aromatic carbocycles. The lowest BCUT2D eigenvalue weighted by Gasteiger charge is -2.30. The SMILES string of the molecule is NCc1ccc(N(CC(N)=O)C2CCCC2)cc1Br. The Morgan fingerprint density at radius 3 is 2.58 bits per heavy atom. The van der Waals surface area contributed by atoms with Crippen molar-refractivity contribution in [1.29, 1.82) is 0 Å². The van der Waals surface area contributed by atoms with Crippen LogP contribution in [0.5, 0.6) is 0 Å². The van der Waals surface area contributed by atoms with E-state index in [1.165, 1.54) is 12.8 Å². The molecule has 1 aromatic rings. The first-order valence-corrected chi connectivity index (χ1v) is 7.44. The molecule has 0 saturated heterocycles. The smallest absolute Gasteiger partial charge is 0.236 e. The van der Waals surface area contributed by atoms with Crippen LogP contribution in [0.1, 0.15) is 31.2 Å². The van der Waals surface area contributed by atoms with Gasteiger partial charge in [-0.2, -0.15) is 0 Å². The third kappa shape index (κ3) is 3.48.